The summed E-state index contributed by atoms with van der Waals surface area (Å²) in [6, 6.07) is 11.5. The van der Waals surface area contributed by atoms with Crippen LogP contribution in [-0.4, -0.2) is 77.2 Å². The number of piperidine rings is 1. The molecular weight excluding hydrogens is 577 g/mol. The molecule has 224 valence electrons. The summed E-state index contributed by atoms with van der Waals surface area (Å²) in [6.45, 7) is 7.19. The number of phenols is 2. The van der Waals surface area contributed by atoms with Gasteiger partial charge in [0.25, 0.3) is 0 Å². The zero-order valence-corrected chi connectivity index (χ0v) is 25.8. The van der Waals surface area contributed by atoms with E-state index in [1.807, 2.05) is 13.8 Å². The number of likely N-dealkylation sites (tertiary alicyclic amines) is 1. The van der Waals surface area contributed by atoms with Crippen molar-refractivity contribution in [2.45, 2.75) is 38.6 Å². The molecule has 0 unspecified atom stereocenters. The zero-order valence-electron chi connectivity index (χ0n) is 24.3. The summed E-state index contributed by atoms with van der Waals surface area (Å²) < 4.78 is 12.4. The lowest BCUT2D eigenvalue weighted by atomic mass is 10.0. The molecule has 0 amide bonds. The summed E-state index contributed by atoms with van der Waals surface area (Å²) in [7, 11) is 4.25. The van der Waals surface area contributed by atoms with Gasteiger partial charge in [-0.1, -0.05) is 49.2 Å². The molecule has 1 fully saturated rings. The number of benzene rings is 2. The monoisotopic (exact) mass is 613 g/mol. The summed E-state index contributed by atoms with van der Waals surface area (Å²) in [5.41, 5.74) is 1.52. The van der Waals surface area contributed by atoms with Crippen LogP contribution in [0.15, 0.2) is 48.5 Å². The number of rotatable bonds is 11. The van der Waals surface area contributed by atoms with E-state index in [1.165, 1.54) is 24.3 Å². The van der Waals surface area contributed by atoms with Crippen LogP contribution in [0.3, 0.4) is 0 Å². The topological polar surface area (TPSA) is 95.4 Å². The van der Waals surface area contributed by atoms with Crippen molar-refractivity contribution in [3.8, 4) is 28.9 Å². The first-order valence-corrected chi connectivity index (χ1v) is 14.7. The number of hydrogen-bond acceptors (Lipinski definition) is 8. The summed E-state index contributed by atoms with van der Waals surface area (Å²) >= 11 is 12.7. The van der Waals surface area contributed by atoms with Gasteiger partial charge >= 0.3 is 0 Å². The highest BCUT2D eigenvalue weighted by molar-refractivity contribution is 6.42. The molecule has 10 heteroatoms. The van der Waals surface area contributed by atoms with Gasteiger partial charge in [0, 0.05) is 30.4 Å². The maximum absolute atomic E-state index is 13.3. The molecule has 0 spiro atoms. The molecule has 3 aromatic rings. The van der Waals surface area contributed by atoms with Crippen LogP contribution in [0.5, 0.6) is 28.9 Å². The van der Waals surface area contributed by atoms with E-state index in [0.29, 0.717) is 34.7 Å². The first-order valence-electron chi connectivity index (χ1n) is 14.0. The normalized spacial score (nSPS) is 14.7. The third-order valence-corrected chi connectivity index (χ3v) is 8.03. The van der Waals surface area contributed by atoms with Crippen molar-refractivity contribution in [2.75, 3.05) is 40.3 Å². The molecule has 0 atom stereocenters. The minimum absolute atomic E-state index is 0.0909. The second-order valence-corrected chi connectivity index (χ2v) is 11.7. The fraction of sp³-hybridized carbons (Fsp3) is 0.375. The molecule has 8 nitrogen and oxygen atoms in total. The second kappa shape index (κ2) is 14.2. The van der Waals surface area contributed by atoms with Crippen molar-refractivity contribution in [1.82, 2.24) is 14.8 Å². The molecule has 42 heavy (non-hydrogen) atoms. The van der Waals surface area contributed by atoms with Gasteiger partial charge in [0.15, 0.2) is 28.8 Å². The average molecular weight is 615 g/mol. The van der Waals surface area contributed by atoms with Crippen LogP contribution in [0.2, 0.25) is 10.0 Å². The molecule has 2 aromatic carbocycles. The van der Waals surface area contributed by atoms with E-state index in [1.54, 1.807) is 30.3 Å². The quantitative estimate of drug-likeness (QED) is 0.135. The van der Waals surface area contributed by atoms with Gasteiger partial charge < -0.3 is 24.6 Å². The number of nitrogens with zero attached hydrogens (tertiary/aromatic N) is 3. The van der Waals surface area contributed by atoms with E-state index in [0.717, 1.165) is 38.2 Å². The fourth-order valence-corrected chi connectivity index (χ4v) is 5.01. The number of aromatic hydroxyl groups is 2. The molecule has 2 N–H and O–H groups in total. The number of phenolic OH excluding ortho intramolecular Hbond substituents is 2. The Morgan fingerprint density at radius 3 is 2.38 bits per heavy atom. The highest BCUT2D eigenvalue weighted by Gasteiger charge is 2.22. The third kappa shape index (κ3) is 8.16. The third-order valence-electron chi connectivity index (χ3n) is 7.31. The lowest BCUT2D eigenvalue weighted by Gasteiger charge is -2.35. The number of ketones is 1. The molecule has 1 saturated heterocycles. The smallest absolute Gasteiger partial charge is 0.230 e. The van der Waals surface area contributed by atoms with Crippen molar-refractivity contribution in [2.24, 2.45) is 0 Å². The summed E-state index contributed by atoms with van der Waals surface area (Å²) in [6.07, 6.45) is 5.13. The summed E-state index contributed by atoms with van der Waals surface area (Å²) in [4.78, 5) is 22.6. The molecule has 2 heterocycles. The Kier molecular flexibility index (Phi) is 10.7. The van der Waals surface area contributed by atoms with E-state index in [9.17, 15) is 15.0 Å². The summed E-state index contributed by atoms with van der Waals surface area (Å²) in [5, 5.41) is 19.9. The van der Waals surface area contributed by atoms with Crippen molar-refractivity contribution < 1.29 is 24.5 Å². The first kappa shape index (κ1) is 31.6. The van der Waals surface area contributed by atoms with Gasteiger partial charge in [0.05, 0.1) is 15.6 Å². The number of hydrogen-bond donors (Lipinski definition) is 2. The Morgan fingerprint density at radius 1 is 1.05 bits per heavy atom. The highest BCUT2D eigenvalue weighted by Crippen LogP contribution is 2.39. The lowest BCUT2D eigenvalue weighted by molar-refractivity contribution is 0.104. The first-order chi connectivity index (χ1) is 20.0. The van der Waals surface area contributed by atoms with Crippen LogP contribution < -0.4 is 9.47 Å². The minimum Gasteiger partial charge on any atom is -0.504 e. The number of carbonyl (C=O) groups is 1. The lowest BCUT2D eigenvalue weighted by Crippen LogP contribution is -2.43. The van der Waals surface area contributed by atoms with E-state index in [2.05, 4.69) is 28.9 Å². The maximum atomic E-state index is 13.3. The van der Waals surface area contributed by atoms with E-state index in [4.69, 9.17) is 32.7 Å². The Labute approximate surface area is 257 Å². The number of carbonyl (C=O) groups excluding carboxylic acids is 1. The van der Waals surface area contributed by atoms with Crippen LogP contribution in [0.25, 0.3) is 6.08 Å². The molecule has 0 bridgehead atoms. The van der Waals surface area contributed by atoms with E-state index >= 15 is 0 Å². The van der Waals surface area contributed by atoms with Gasteiger partial charge in [-0.05, 0) is 81.8 Å². The maximum Gasteiger partial charge on any atom is 0.230 e. The molecule has 0 saturated carbocycles. The average Bonchev–Trinajstić information content (AvgIpc) is 2.96. The number of allylic oxidation sites excluding steroid dienone is 1. The predicted molar refractivity (Wildman–Crippen MR) is 167 cm³/mol. The number of halogens is 2. The van der Waals surface area contributed by atoms with E-state index in [-0.39, 0.29) is 39.7 Å². The molecule has 1 aliphatic rings. The second-order valence-electron chi connectivity index (χ2n) is 10.9. The van der Waals surface area contributed by atoms with Gasteiger partial charge in [0.2, 0.25) is 5.88 Å². The molecule has 0 radical (unpaired) electrons. The van der Waals surface area contributed by atoms with Crippen LogP contribution in [-0.2, 0) is 0 Å². The van der Waals surface area contributed by atoms with E-state index < -0.39 is 0 Å². The Hall–Kier alpha value is -3.30. The Bertz CT molecular complexity index is 1440. The van der Waals surface area contributed by atoms with Crippen molar-refractivity contribution in [3.63, 3.8) is 0 Å². The largest absolute Gasteiger partial charge is 0.504 e. The molecular formula is C32H37Cl2N3O5. The SMILES string of the molecule is CC(C)c1ccc(C(=O)C=Cc2ccc(O)c(O)c2)c(Oc2cc(Cl)c(Cl)cc2OCCN2CCC(N(C)C)CC2)n1. The van der Waals surface area contributed by atoms with Crippen molar-refractivity contribution in [1.29, 1.82) is 0 Å². The van der Waals surface area contributed by atoms with Gasteiger partial charge in [-0.15, -0.1) is 0 Å². The van der Waals surface area contributed by atoms with Gasteiger partial charge in [0.1, 0.15) is 6.61 Å². The van der Waals surface area contributed by atoms with Gasteiger partial charge in [-0.2, -0.15) is 0 Å². The summed E-state index contributed by atoms with van der Waals surface area (Å²) in [5.74, 6) is 0.0250. The molecule has 1 aliphatic heterocycles. The van der Waals surface area contributed by atoms with Crippen LogP contribution in [0.1, 0.15) is 54.2 Å². The number of ether oxygens (including phenoxy) is 2. The van der Waals surface area contributed by atoms with Crippen LogP contribution in [0.4, 0.5) is 0 Å². The molecule has 1 aromatic heterocycles. The zero-order chi connectivity index (χ0) is 30.4. The Balaban J connectivity index is 1.54. The predicted octanol–water partition coefficient (Wildman–Crippen LogP) is 7.02. The van der Waals surface area contributed by atoms with Gasteiger partial charge in [-0.25, -0.2) is 4.98 Å². The van der Waals surface area contributed by atoms with Crippen molar-refractivity contribution >= 4 is 35.1 Å². The number of aromatic nitrogens is 1. The molecule has 0 aliphatic carbocycles. The van der Waals surface area contributed by atoms with Gasteiger partial charge in [-0.3, -0.25) is 9.69 Å². The minimum atomic E-state index is -0.357. The Morgan fingerprint density at radius 2 is 1.74 bits per heavy atom. The standard InChI is InChI=1S/C32H37Cl2N3O5/c1-20(2)26-8-7-23(27(38)9-5-21-6-10-28(39)29(40)17-21)32(35-26)42-31-19-25(34)24(33)18-30(31)41-16-15-37-13-11-22(12-14-37)36(3)4/h5-10,17-20,22,39-40H,11-16H2,1-4H3. The fourth-order valence-electron chi connectivity index (χ4n) is 4.70. The van der Waals surface area contributed by atoms with Crippen LogP contribution in [0, 0.1) is 0 Å². The number of pyridine rings is 1. The van der Waals surface area contributed by atoms with Crippen molar-refractivity contribution in [3.05, 3.63) is 75.4 Å². The molecule has 4 rings (SSSR count). The van der Waals surface area contributed by atoms with Crippen LogP contribution >= 0.6 is 23.2 Å². The highest BCUT2D eigenvalue weighted by atomic mass is 35.5.